The Kier molecular flexibility index (Phi) is 19.4. The van der Waals surface area contributed by atoms with Gasteiger partial charge in [-0.2, -0.15) is 0 Å². The van der Waals surface area contributed by atoms with Crippen molar-refractivity contribution in [2.45, 2.75) is 79.1 Å². The maximum Gasteiger partial charge on any atom is 0.389 e. The van der Waals surface area contributed by atoms with E-state index in [9.17, 15) is 9.13 Å². The molecule has 0 heterocycles. The van der Waals surface area contributed by atoms with E-state index in [-0.39, 0.29) is 0 Å². The molecule has 0 saturated carbocycles. The highest BCUT2D eigenvalue weighted by atomic mass is 32.7. The maximum absolute atomic E-state index is 12.3. The molecule has 0 N–H and O–H groups in total. The Morgan fingerprint density at radius 3 is 1.00 bits per heavy atom. The van der Waals surface area contributed by atoms with Crippen LogP contribution in [-0.2, 0) is 27.2 Å². The molecule has 0 aromatic heterocycles. The van der Waals surface area contributed by atoms with Crippen molar-refractivity contribution in [3.63, 3.8) is 0 Å². The van der Waals surface area contributed by atoms with Gasteiger partial charge in [-0.25, -0.2) is 9.13 Å². The van der Waals surface area contributed by atoms with Crippen molar-refractivity contribution < 1.29 is 27.2 Å². The minimum Gasteiger partial charge on any atom is -0.301 e. The molecule has 0 spiro atoms. The molecule has 0 unspecified atom stereocenters. The first-order valence-electron chi connectivity index (χ1n) is 10.5. The molecular formula is C18H40O6P2S2. The van der Waals surface area contributed by atoms with Gasteiger partial charge in [0.2, 0.25) is 0 Å². The fourth-order valence-corrected chi connectivity index (χ4v) is 9.57. The van der Waals surface area contributed by atoms with Crippen LogP contribution in [0.1, 0.15) is 79.1 Å². The normalized spacial score (nSPS) is 12.6. The van der Waals surface area contributed by atoms with Gasteiger partial charge < -0.3 is 18.1 Å². The van der Waals surface area contributed by atoms with Gasteiger partial charge in [-0.1, -0.05) is 38.5 Å². The molecule has 0 radical (unpaired) electrons. The fraction of sp³-hybridized carbons (Fsp3) is 1.00. The molecule has 28 heavy (non-hydrogen) atoms. The number of hydrogen-bond donors (Lipinski definition) is 0. The van der Waals surface area contributed by atoms with Crippen molar-refractivity contribution in [1.29, 1.82) is 0 Å². The minimum atomic E-state index is -2.94. The van der Waals surface area contributed by atoms with Crippen LogP contribution < -0.4 is 0 Å². The Balaban J connectivity index is 3.57. The average Bonchev–Trinajstić information content (AvgIpc) is 2.63. The molecule has 0 aliphatic carbocycles. The summed E-state index contributed by atoms with van der Waals surface area (Å²) in [7, 11) is 0. The maximum atomic E-state index is 12.3. The van der Waals surface area contributed by atoms with Gasteiger partial charge in [0.05, 0.1) is 26.4 Å². The molecule has 0 bridgehead atoms. The lowest BCUT2D eigenvalue weighted by Gasteiger charge is -2.15. The summed E-state index contributed by atoms with van der Waals surface area (Å²) in [5, 5.41) is 0. The first-order valence-corrected chi connectivity index (χ1v) is 16.8. The molecule has 0 saturated heterocycles. The van der Waals surface area contributed by atoms with Crippen molar-refractivity contribution in [3.8, 4) is 0 Å². The molecule has 0 amide bonds. The van der Waals surface area contributed by atoms with Gasteiger partial charge >= 0.3 is 13.6 Å². The molecule has 0 aliphatic rings. The van der Waals surface area contributed by atoms with E-state index in [2.05, 4.69) is 0 Å². The largest absolute Gasteiger partial charge is 0.389 e. The van der Waals surface area contributed by atoms with Crippen LogP contribution in [0.3, 0.4) is 0 Å². The van der Waals surface area contributed by atoms with Crippen molar-refractivity contribution in [2.24, 2.45) is 0 Å². The zero-order valence-corrected chi connectivity index (χ0v) is 21.5. The van der Waals surface area contributed by atoms with Crippen molar-refractivity contribution in [2.75, 3.05) is 37.9 Å². The third-order valence-electron chi connectivity index (χ3n) is 3.69. The van der Waals surface area contributed by atoms with Crippen molar-refractivity contribution in [1.82, 2.24) is 0 Å². The number of hydrogen-bond acceptors (Lipinski definition) is 8. The molecule has 10 heteroatoms. The second kappa shape index (κ2) is 18.7. The monoisotopic (exact) mass is 478 g/mol. The minimum absolute atomic E-state index is 0.414. The van der Waals surface area contributed by atoms with Gasteiger partial charge in [-0.3, -0.25) is 0 Å². The summed E-state index contributed by atoms with van der Waals surface area (Å²) in [5.41, 5.74) is 0. The highest BCUT2D eigenvalue weighted by molar-refractivity contribution is 8.55. The van der Waals surface area contributed by atoms with E-state index in [1.807, 2.05) is 27.7 Å². The smallest absolute Gasteiger partial charge is 0.301 e. The first-order chi connectivity index (χ1) is 13.4. The van der Waals surface area contributed by atoms with Gasteiger partial charge in [0.15, 0.2) is 0 Å². The Hall–Kier alpha value is 1.00. The molecule has 0 rings (SSSR count). The first kappa shape index (κ1) is 29.0. The predicted molar refractivity (Wildman–Crippen MR) is 124 cm³/mol. The van der Waals surface area contributed by atoms with Gasteiger partial charge in [0.25, 0.3) is 0 Å². The average molecular weight is 479 g/mol. The van der Waals surface area contributed by atoms with Crippen LogP contribution in [0.25, 0.3) is 0 Å². The molecule has 6 nitrogen and oxygen atoms in total. The molecule has 0 atom stereocenters. The summed E-state index contributed by atoms with van der Waals surface area (Å²) in [5.74, 6) is 1.63. The summed E-state index contributed by atoms with van der Waals surface area (Å²) < 4.78 is 45.7. The third kappa shape index (κ3) is 15.8. The van der Waals surface area contributed by atoms with Crippen molar-refractivity contribution in [3.05, 3.63) is 0 Å². The zero-order valence-electron chi connectivity index (χ0n) is 18.1. The number of unbranched alkanes of at least 4 members (excludes halogenated alkanes) is 7. The standard InChI is InChI=1S/C18H40O6P2S2/c1-5-21-25(19,22-6-2)27-17-15-13-11-9-10-12-14-16-18-28-26(20,23-7-3)24-8-4/h5-18H2,1-4H3. The van der Waals surface area contributed by atoms with Crippen LogP contribution in [0.15, 0.2) is 0 Å². The van der Waals surface area contributed by atoms with E-state index in [0.717, 1.165) is 37.2 Å². The SMILES string of the molecule is CCOP(=O)(OCC)SCCCCCCCCCCSP(=O)(OCC)OCC. The van der Waals surface area contributed by atoms with Crippen LogP contribution >= 0.6 is 36.4 Å². The molecular weight excluding hydrogens is 438 g/mol. The molecule has 0 aliphatic heterocycles. The second-order valence-electron chi connectivity index (χ2n) is 6.06. The Labute approximate surface area is 180 Å². The lowest BCUT2D eigenvalue weighted by molar-refractivity contribution is 0.236. The van der Waals surface area contributed by atoms with E-state index < -0.39 is 13.6 Å². The predicted octanol–water partition coefficient (Wildman–Crippen LogP) is 7.94. The summed E-state index contributed by atoms with van der Waals surface area (Å²) >= 11 is 2.65. The van der Waals surface area contributed by atoms with Gasteiger partial charge in [-0.15, -0.1) is 0 Å². The van der Waals surface area contributed by atoms with Gasteiger partial charge in [0.1, 0.15) is 0 Å². The third-order valence-corrected chi connectivity index (χ3v) is 11.8. The summed E-state index contributed by atoms with van der Waals surface area (Å²) in [6.45, 7) is 3.11. The van der Waals surface area contributed by atoms with Crippen LogP contribution in [0.5, 0.6) is 0 Å². The van der Waals surface area contributed by atoms with E-state index >= 15 is 0 Å². The van der Waals surface area contributed by atoms with E-state index in [4.69, 9.17) is 18.1 Å². The highest BCUT2D eigenvalue weighted by Gasteiger charge is 2.24. The summed E-state index contributed by atoms with van der Waals surface area (Å²) in [6.07, 6.45) is 9.22. The number of rotatable bonds is 21. The lowest BCUT2D eigenvalue weighted by Crippen LogP contribution is -1.94. The van der Waals surface area contributed by atoms with Gasteiger partial charge in [-0.05, 0) is 63.3 Å². The van der Waals surface area contributed by atoms with E-state index in [1.54, 1.807) is 0 Å². The molecule has 170 valence electrons. The molecule has 0 fully saturated rings. The summed E-state index contributed by atoms with van der Waals surface area (Å²) in [6, 6.07) is 0. The topological polar surface area (TPSA) is 71.1 Å². The second-order valence-corrected chi connectivity index (χ2v) is 14.4. The van der Waals surface area contributed by atoms with E-state index in [0.29, 0.717) is 26.4 Å². The quantitative estimate of drug-likeness (QED) is 0.122. The Bertz CT molecular complexity index is 394. The highest BCUT2D eigenvalue weighted by Crippen LogP contribution is 2.61. The van der Waals surface area contributed by atoms with Crippen LogP contribution in [0, 0.1) is 0 Å². The molecule has 0 aromatic rings. The zero-order chi connectivity index (χ0) is 21.1. The van der Waals surface area contributed by atoms with Gasteiger partial charge in [0, 0.05) is 11.5 Å². The van der Waals surface area contributed by atoms with Crippen molar-refractivity contribution >= 4 is 36.4 Å². The lowest BCUT2D eigenvalue weighted by atomic mass is 10.1. The molecule has 0 aromatic carbocycles. The van der Waals surface area contributed by atoms with E-state index in [1.165, 1.54) is 48.4 Å². The fourth-order valence-electron chi connectivity index (χ4n) is 2.47. The van der Waals surface area contributed by atoms with Crippen LogP contribution in [0.4, 0.5) is 0 Å². The van der Waals surface area contributed by atoms with Crippen LogP contribution in [0.2, 0.25) is 0 Å². The Morgan fingerprint density at radius 1 is 0.500 bits per heavy atom. The summed E-state index contributed by atoms with van der Waals surface area (Å²) in [4.78, 5) is 0. The van der Waals surface area contributed by atoms with Crippen LogP contribution in [-0.4, -0.2) is 37.9 Å². The Morgan fingerprint density at radius 2 is 0.750 bits per heavy atom.